The summed E-state index contributed by atoms with van der Waals surface area (Å²) in [4.78, 5) is 4.30. The number of thiazole rings is 1. The van der Waals surface area contributed by atoms with Crippen molar-refractivity contribution in [2.45, 2.75) is 30.8 Å². The Morgan fingerprint density at radius 3 is 2.65 bits per heavy atom. The van der Waals surface area contributed by atoms with Gasteiger partial charge in [0, 0.05) is 36.6 Å². The van der Waals surface area contributed by atoms with Gasteiger partial charge in [-0.15, -0.1) is 11.3 Å². The van der Waals surface area contributed by atoms with E-state index in [1.807, 2.05) is 23.6 Å². The summed E-state index contributed by atoms with van der Waals surface area (Å²) in [7, 11) is 0. The van der Waals surface area contributed by atoms with Crippen molar-refractivity contribution < 1.29 is 9.84 Å². The van der Waals surface area contributed by atoms with Crippen LogP contribution in [0.1, 0.15) is 23.4 Å². The lowest BCUT2D eigenvalue weighted by Gasteiger charge is -2.41. The molecule has 1 aliphatic heterocycles. The summed E-state index contributed by atoms with van der Waals surface area (Å²) in [5.74, 6) is 0. The smallest absolute Gasteiger partial charge is 0.0950 e. The number of hydrogen-bond donors (Lipinski definition) is 1. The van der Waals surface area contributed by atoms with Gasteiger partial charge in [-0.2, -0.15) is 0 Å². The highest BCUT2D eigenvalue weighted by Crippen LogP contribution is 2.39. The van der Waals surface area contributed by atoms with Crippen molar-refractivity contribution in [2.24, 2.45) is 0 Å². The fourth-order valence-electron chi connectivity index (χ4n) is 3.03. The van der Waals surface area contributed by atoms with Crippen LogP contribution in [-0.2, 0) is 16.6 Å². The van der Waals surface area contributed by atoms with Gasteiger partial charge in [0.15, 0.2) is 0 Å². The van der Waals surface area contributed by atoms with Crippen LogP contribution in [0.2, 0.25) is 0 Å². The summed E-state index contributed by atoms with van der Waals surface area (Å²) < 4.78 is 5.51. The minimum Gasteiger partial charge on any atom is -0.392 e. The first kappa shape index (κ1) is 13.7. The second-order valence-electron chi connectivity index (χ2n) is 5.28. The minimum absolute atomic E-state index is 0.203. The molecule has 1 N–H and O–H groups in total. The zero-order valence-corrected chi connectivity index (χ0v) is 12.2. The summed E-state index contributed by atoms with van der Waals surface area (Å²) in [5, 5.41) is 13.8. The molecule has 3 rings (SSSR count). The van der Waals surface area contributed by atoms with Gasteiger partial charge in [0.1, 0.15) is 0 Å². The van der Waals surface area contributed by atoms with Crippen molar-refractivity contribution in [3.63, 3.8) is 0 Å². The highest BCUT2D eigenvalue weighted by Gasteiger charge is 2.41. The Morgan fingerprint density at radius 1 is 1.25 bits per heavy atom. The van der Waals surface area contributed by atoms with E-state index in [9.17, 15) is 5.11 Å². The lowest BCUT2D eigenvalue weighted by molar-refractivity contribution is -0.0154. The van der Waals surface area contributed by atoms with Crippen LogP contribution in [0.25, 0.3) is 0 Å². The van der Waals surface area contributed by atoms with Gasteiger partial charge < -0.3 is 9.84 Å². The van der Waals surface area contributed by atoms with Gasteiger partial charge in [0.25, 0.3) is 0 Å². The quantitative estimate of drug-likeness (QED) is 0.941. The van der Waals surface area contributed by atoms with E-state index >= 15 is 0 Å². The summed E-state index contributed by atoms with van der Waals surface area (Å²) in [6.07, 6.45) is 3.73. The molecule has 106 valence electrons. The molecule has 0 bridgehead atoms. The number of aliphatic hydroxyl groups is 1. The van der Waals surface area contributed by atoms with E-state index in [1.54, 1.807) is 17.5 Å². The molecule has 1 aromatic heterocycles. The third kappa shape index (κ3) is 2.64. The van der Waals surface area contributed by atoms with E-state index in [4.69, 9.17) is 4.74 Å². The molecule has 3 nitrogen and oxygen atoms in total. The minimum atomic E-state index is -0.417. The number of benzene rings is 1. The van der Waals surface area contributed by atoms with E-state index in [2.05, 4.69) is 17.1 Å². The van der Waals surface area contributed by atoms with Crippen LogP contribution in [-0.4, -0.2) is 29.4 Å². The molecular weight excluding hydrogens is 270 g/mol. The van der Waals surface area contributed by atoms with Crippen LogP contribution in [0.3, 0.4) is 0 Å². The first-order valence-electron chi connectivity index (χ1n) is 7.01. The molecule has 1 unspecified atom stereocenters. The molecule has 0 amide bonds. The predicted molar refractivity (Wildman–Crippen MR) is 80.0 cm³/mol. The van der Waals surface area contributed by atoms with Gasteiger partial charge in [-0.3, -0.25) is 0 Å². The van der Waals surface area contributed by atoms with E-state index < -0.39 is 6.10 Å². The first-order chi connectivity index (χ1) is 9.81. The lowest BCUT2D eigenvalue weighted by Crippen LogP contribution is -2.45. The highest BCUT2D eigenvalue weighted by atomic mass is 32.1. The Balaban J connectivity index is 1.89. The monoisotopic (exact) mass is 289 g/mol. The molecule has 0 radical (unpaired) electrons. The molecule has 2 aromatic rings. The van der Waals surface area contributed by atoms with E-state index in [-0.39, 0.29) is 5.41 Å². The molecule has 0 aliphatic carbocycles. The van der Waals surface area contributed by atoms with Crippen molar-refractivity contribution in [1.82, 2.24) is 4.98 Å². The van der Waals surface area contributed by atoms with Gasteiger partial charge in [-0.1, -0.05) is 30.3 Å². The van der Waals surface area contributed by atoms with Crippen molar-refractivity contribution in [2.75, 3.05) is 13.2 Å². The number of aliphatic hydroxyl groups excluding tert-OH is 1. The summed E-state index contributed by atoms with van der Waals surface area (Å²) >= 11 is 1.61. The second kappa shape index (κ2) is 6.04. The third-order valence-corrected chi connectivity index (χ3v) is 5.02. The summed E-state index contributed by atoms with van der Waals surface area (Å²) in [6.45, 7) is 1.42. The molecule has 4 heteroatoms. The summed E-state index contributed by atoms with van der Waals surface area (Å²) in [6, 6.07) is 10.3. The average molecular weight is 289 g/mol. The molecule has 0 spiro atoms. The fourth-order valence-corrected chi connectivity index (χ4v) is 3.69. The Kier molecular flexibility index (Phi) is 4.15. The van der Waals surface area contributed by atoms with Crippen LogP contribution in [0, 0.1) is 0 Å². The van der Waals surface area contributed by atoms with Gasteiger partial charge in [-0.05, 0) is 18.4 Å². The average Bonchev–Trinajstić information content (AvgIpc) is 3.02. The molecule has 1 aliphatic rings. The number of nitrogens with zero attached hydrogens (tertiary/aromatic N) is 1. The predicted octanol–water partition coefficient (Wildman–Crippen LogP) is 2.79. The van der Waals surface area contributed by atoms with Crippen LogP contribution in [0.4, 0.5) is 0 Å². The summed E-state index contributed by atoms with van der Waals surface area (Å²) in [5.41, 5.74) is 1.01. The normalized spacial score (nSPS) is 19.6. The number of hydrogen-bond acceptors (Lipinski definition) is 4. The van der Waals surface area contributed by atoms with Gasteiger partial charge in [0.05, 0.1) is 11.1 Å². The number of ether oxygens (including phenoxy) is 1. The molecule has 1 fully saturated rings. The Morgan fingerprint density at radius 2 is 2.00 bits per heavy atom. The molecular formula is C16H19NO2S. The maximum atomic E-state index is 10.9. The molecule has 0 saturated carbocycles. The van der Waals surface area contributed by atoms with Crippen molar-refractivity contribution in [3.8, 4) is 0 Å². The van der Waals surface area contributed by atoms with E-state index in [1.165, 1.54) is 5.56 Å². The Bertz CT molecular complexity index is 521. The topological polar surface area (TPSA) is 42.4 Å². The molecule has 20 heavy (non-hydrogen) atoms. The maximum absolute atomic E-state index is 10.9. The van der Waals surface area contributed by atoms with Gasteiger partial charge in [-0.25, -0.2) is 4.98 Å². The third-order valence-electron chi connectivity index (χ3n) is 4.22. The van der Waals surface area contributed by atoms with Crippen LogP contribution >= 0.6 is 11.3 Å². The SMILES string of the molecule is OC(Cc1nccs1)C1(c2ccccc2)CCOCC1. The van der Waals surface area contributed by atoms with Crippen molar-refractivity contribution in [3.05, 3.63) is 52.5 Å². The number of aromatic nitrogens is 1. The maximum Gasteiger partial charge on any atom is 0.0950 e. The Labute approximate surface area is 123 Å². The zero-order chi connectivity index (χ0) is 13.8. The van der Waals surface area contributed by atoms with Crippen molar-refractivity contribution in [1.29, 1.82) is 0 Å². The molecule has 1 aromatic carbocycles. The van der Waals surface area contributed by atoms with E-state index in [0.717, 1.165) is 17.8 Å². The second-order valence-corrected chi connectivity index (χ2v) is 6.26. The lowest BCUT2D eigenvalue weighted by atomic mass is 9.69. The van der Waals surface area contributed by atoms with Crippen LogP contribution in [0.5, 0.6) is 0 Å². The van der Waals surface area contributed by atoms with Gasteiger partial charge >= 0.3 is 0 Å². The van der Waals surface area contributed by atoms with Crippen LogP contribution in [0.15, 0.2) is 41.9 Å². The number of rotatable bonds is 4. The first-order valence-corrected chi connectivity index (χ1v) is 7.89. The van der Waals surface area contributed by atoms with Crippen molar-refractivity contribution >= 4 is 11.3 Å². The molecule has 1 saturated heterocycles. The zero-order valence-electron chi connectivity index (χ0n) is 11.4. The standard InChI is InChI=1S/C16H19NO2S/c18-14(12-15-17-8-11-20-15)16(6-9-19-10-7-16)13-4-2-1-3-5-13/h1-5,8,11,14,18H,6-7,9-10,12H2. The molecule has 2 heterocycles. The largest absolute Gasteiger partial charge is 0.392 e. The van der Waals surface area contributed by atoms with Gasteiger partial charge in [0.2, 0.25) is 0 Å². The highest BCUT2D eigenvalue weighted by molar-refractivity contribution is 7.09. The van der Waals surface area contributed by atoms with E-state index in [0.29, 0.717) is 19.6 Å². The molecule has 1 atom stereocenters. The van der Waals surface area contributed by atoms with Crippen LogP contribution < -0.4 is 0 Å². The Hall–Kier alpha value is -1.23. The fraction of sp³-hybridized carbons (Fsp3) is 0.438.